The van der Waals surface area contributed by atoms with E-state index in [9.17, 15) is 18.5 Å². The molecule has 1 aromatic heterocycles. The number of hydrogen-bond donors (Lipinski definition) is 2. The van der Waals surface area contributed by atoms with E-state index in [0.29, 0.717) is 5.56 Å². The normalized spacial score (nSPS) is 11.3. The maximum absolute atomic E-state index is 12.2. The predicted octanol–water partition coefficient (Wildman–Crippen LogP) is 1.74. The summed E-state index contributed by atoms with van der Waals surface area (Å²) in [4.78, 5) is 9.83. The molecule has 9 heteroatoms. The van der Waals surface area contributed by atoms with Crippen LogP contribution in [0.25, 0.3) is 0 Å². The minimum absolute atomic E-state index is 0.175. The van der Waals surface area contributed by atoms with Gasteiger partial charge >= 0.3 is 0 Å². The van der Waals surface area contributed by atoms with Crippen LogP contribution >= 0.6 is 0 Å². The smallest absolute Gasteiger partial charge is 0.270 e. The molecular formula is C11H12N4O4S. The highest BCUT2D eigenvalue weighted by atomic mass is 32.2. The first-order chi connectivity index (χ1) is 9.31. The van der Waals surface area contributed by atoms with Gasteiger partial charge in [0.2, 0.25) is 0 Å². The van der Waals surface area contributed by atoms with E-state index in [4.69, 9.17) is 0 Å². The highest BCUT2D eigenvalue weighted by Crippen LogP contribution is 2.21. The van der Waals surface area contributed by atoms with E-state index in [0.717, 1.165) is 11.8 Å². The Morgan fingerprint density at radius 2 is 2.05 bits per heavy atom. The Morgan fingerprint density at radius 1 is 1.35 bits per heavy atom. The Labute approximate surface area is 115 Å². The Kier molecular flexibility index (Phi) is 3.45. The summed E-state index contributed by atoms with van der Waals surface area (Å²) in [5, 5.41) is 17.2. The number of sulfonamides is 1. The quantitative estimate of drug-likeness (QED) is 0.658. The Hall–Kier alpha value is -2.42. The average Bonchev–Trinajstić information content (AvgIpc) is 2.70. The summed E-state index contributed by atoms with van der Waals surface area (Å²) in [6.45, 7) is 3.47. The van der Waals surface area contributed by atoms with Gasteiger partial charge in [-0.05, 0) is 19.9 Å². The lowest BCUT2D eigenvalue weighted by Gasteiger charge is -2.06. The van der Waals surface area contributed by atoms with Gasteiger partial charge in [-0.2, -0.15) is 5.10 Å². The van der Waals surface area contributed by atoms with Crippen LogP contribution < -0.4 is 4.72 Å². The molecule has 106 valence electrons. The van der Waals surface area contributed by atoms with Crippen molar-refractivity contribution in [3.63, 3.8) is 0 Å². The van der Waals surface area contributed by atoms with Crippen LogP contribution in [0.5, 0.6) is 0 Å². The first-order valence-electron chi connectivity index (χ1n) is 5.60. The third-order valence-electron chi connectivity index (χ3n) is 2.82. The number of rotatable bonds is 4. The molecule has 0 aliphatic rings. The minimum atomic E-state index is -3.92. The van der Waals surface area contributed by atoms with Crippen molar-refractivity contribution in [3.05, 3.63) is 45.6 Å². The molecule has 2 rings (SSSR count). The average molecular weight is 296 g/mol. The fourth-order valence-corrected chi connectivity index (χ4v) is 2.64. The Morgan fingerprint density at radius 3 is 2.60 bits per heavy atom. The molecule has 0 saturated heterocycles. The van der Waals surface area contributed by atoms with Gasteiger partial charge in [0.05, 0.1) is 9.82 Å². The van der Waals surface area contributed by atoms with Crippen molar-refractivity contribution in [3.8, 4) is 0 Å². The van der Waals surface area contributed by atoms with Gasteiger partial charge < -0.3 is 0 Å². The zero-order valence-corrected chi connectivity index (χ0v) is 11.6. The van der Waals surface area contributed by atoms with E-state index >= 15 is 0 Å². The number of benzene rings is 1. The summed E-state index contributed by atoms with van der Waals surface area (Å²) in [6, 6.07) is 4.82. The van der Waals surface area contributed by atoms with Crippen LogP contribution in [0.1, 0.15) is 11.3 Å². The number of nitrogens with zero attached hydrogens (tertiary/aromatic N) is 2. The lowest BCUT2D eigenvalue weighted by Crippen LogP contribution is -2.14. The van der Waals surface area contributed by atoms with E-state index in [1.54, 1.807) is 13.8 Å². The van der Waals surface area contributed by atoms with Crippen molar-refractivity contribution < 1.29 is 13.3 Å². The Balaban J connectivity index is 2.38. The van der Waals surface area contributed by atoms with Crippen molar-refractivity contribution in [2.75, 3.05) is 4.72 Å². The van der Waals surface area contributed by atoms with Crippen molar-refractivity contribution in [2.45, 2.75) is 18.7 Å². The summed E-state index contributed by atoms with van der Waals surface area (Å²) in [5.74, 6) is 0.175. The van der Waals surface area contributed by atoms with Crippen molar-refractivity contribution in [1.82, 2.24) is 10.2 Å². The van der Waals surface area contributed by atoms with Crippen molar-refractivity contribution in [2.24, 2.45) is 0 Å². The molecule has 0 aliphatic heterocycles. The van der Waals surface area contributed by atoms with Gasteiger partial charge in [0.25, 0.3) is 15.7 Å². The standard InChI is InChI=1S/C11H12N4O4S/c1-7-8(2)12-13-11(7)14-20(18,19)10-5-3-4-9(6-10)15(16)17/h3-6H,1-2H3,(H2,12,13,14). The Bertz CT molecular complexity index is 766. The molecule has 0 fully saturated rings. The summed E-state index contributed by atoms with van der Waals surface area (Å²) in [6.07, 6.45) is 0. The number of H-pyrrole nitrogens is 1. The molecule has 0 amide bonds. The summed E-state index contributed by atoms with van der Waals surface area (Å²) >= 11 is 0. The molecule has 0 unspecified atom stereocenters. The second-order valence-corrected chi connectivity index (χ2v) is 5.86. The molecular weight excluding hydrogens is 284 g/mol. The van der Waals surface area contributed by atoms with Gasteiger partial charge in [-0.25, -0.2) is 8.42 Å². The number of aromatic nitrogens is 2. The number of aryl methyl sites for hydroxylation is 1. The summed E-state index contributed by atoms with van der Waals surface area (Å²) in [7, 11) is -3.92. The molecule has 20 heavy (non-hydrogen) atoms. The third kappa shape index (κ3) is 2.62. The van der Waals surface area contributed by atoms with Crippen molar-refractivity contribution >= 4 is 21.5 Å². The number of nitro benzene ring substituents is 1. The predicted molar refractivity (Wildman–Crippen MR) is 72.0 cm³/mol. The maximum Gasteiger partial charge on any atom is 0.270 e. The molecule has 8 nitrogen and oxygen atoms in total. The van der Waals surface area contributed by atoms with Crippen LogP contribution in [0, 0.1) is 24.0 Å². The van der Waals surface area contributed by atoms with Gasteiger partial charge in [0, 0.05) is 23.4 Å². The van der Waals surface area contributed by atoms with Crippen molar-refractivity contribution in [1.29, 1.82) is 0 Å². The monoisotopic (exact) mass is 296 g/mol. The number of anilines is 1. The summed E-state index contributed by atoms with van der Waals surface area (Å²) < 4.78 is 26.6. The number of nitrogens with one attached hydrogen (secondary N) is 2. The lowest BCUT2D eigenvalue weighted by atomic mass is 10.3. The third-order valence-corrected chi connectivity index (χ3v) is 4.16. The molecule has 2 aromatic rings. The van der Waals surface area contributed by atoms with E-state index in [2.05, 4.69) is 14.9 Å². The zero-order chi connectivity index (χ0) is 14.9. The van der Waals surface area contributed by atoms with E-state index < -0.39 is 14.9 Å². The number of aromatic amines is 1. The molecule has 0 saturated carbocycles. The highest BCUT2D eigenvalue weighted by molar-refractivity contribution is 7.92. The number of hydrogen-bond acceptors (Lipinski definition) is 5. The van der Waals surface area contributed by atoms with Gasteiger partial charge in [0.1, 0.15) is 0 Å². The second-order valence-electron chi connectivity index (χ2n) is 4.18. The van der Waals surface area contributed by atoms with Gasteiger partial charge in [-0.15, -0.1) is 0 Å². The van der Waals surface area contributed by atoms with Gasteiger partial charge in [-0.1, -0.05) is 6.07 Å². The number of non-ortho nitro benzene ring substituents is 1. The van der Waals surface area contributed by atoms with Crippen LogP contribution in [0.4, 0.5) is 11.5 Å². The maximum atomic E-state index is 12.2. The molecule has 0 radical (unpaired) electrons. The second kappa shape index (κ2) is 4.93. The van der Waals surface area contributed by atoms with Crippen LogP contribution in [-0.2, 0) is 10.0 Å². The van der Waals surface area contributed by atoms with E-state index in [1.165, 1.54) is 18.2 Å². The molecule has 0 spiro atoms. The van der Waals surface area contributed by atoms with Crippen LogP contribution in [0.3, 0.4) is 0 Å². The van der Waals surface area contributed by atoms with E-state index in [1.807, 2.05) is 0 Å². The topological polar surface area (TPSA) is 118 Å². The largest absolute Gasteiger partial charge is 0.280 e. The van der Waals surface area contributed by atoms with Gasteiger partial charge in [-0.3, -0.25) is 19.9 Å². The zero-order valence-electron chi connectivity index (χ0n) is 10.7. The fourth-order valence-electron chi connectivity index (χ4n) is 1.53. The molecule has 1 heterocycles. The molecule has 0 atom stereocenters. The fraction of sp³-hybridized carbons (Fsp3) is 0.182. The summed E-state index contributed by atoms with van der Waals surface area (Å²) in [5.41, 5.74) is 1.11. The SMILES string of the molecule is Cc1[nH]nc(NS(=O)(=O)c2cccc([N+](=O)[O-])c2)c1C. The van der Waals surface area contributed by atoms with Crippen LogP contribution in [-0.4, -0.2) is 23.5 Å². The molecule has 1 aromatic carbocycles. The lowest BCUT2D eigenvalue weighted by molar-refractivity contribution is -0.385. The molecule has 0 aliphatic carbocycles. The van der Waals surface area contributed by atoms with Crippen LogP contribution in [0.15, 0.2) is 29.2 Å². The first kappa shape index (κ1) is 14.0. The highest BCUT2D eigenvalue weighted by Gasteiger charge is 2.20. The molecule has 2 N–H and O–H groups in total. The minimum Gasteiger partial charge on any atom is -0.280 e. The van der Waals surface area contributed by atoms with Gasteiger partial charge in [0.15, 0.2) is 5.82 Å². The van der Waals surface area contributed by atoms with Crippen LogP contribution in [0.2, 0.25) is 0 Å². The van der Waals surface area contributed by atoms with E-state index in [-0.39, 0.29) is 16.4 Å². The first-order valence-corrected chi connectivity index (χ1v) is 7.08. The number of nitro groups is 1. The molecule has 0 bridgehead atoms.